The Bertz CT molecular complexity index is 1650. The molecule has 2 N–H and O–H groups in total. The van der Waals surface area contributed by atoms with Crippen LogP contribution in [0.3, 0.4) is 0 Å². The van der Waals surface area contributed by atoms with E-state index in [0.717, 1.165) is 5.69 Å². The van der Waals surface area contributed by atoms with E-state index in [1.165, 1.54) is 11.6 Å². The summed E-state index contributed by atoms with van der Waals surface area (Å²) in [7, 11) is 0. The molecule has 0 aliphatic heterocycles. The van der Waals surface area contributed by atoms with Crippen LogP contribution in [-0.4, -0.2) is 35.9 Å². The molecule has 0 aliphatic carbocycles. The SMILES string of the molecule is CC(=O)Nc1ccc(NC(=O)C(C)n2nc(C)c3nn(-c4ccccc4)c(-n4cccc4)c3c2=O)cc1. The number of aryl methyl sites for hydroxylation is 1. The van der Waals surface area contributed by atoms with Crippen molar-refractivity contribution >= 4 is 34.1 Å². The number of aromatic nitrogens is 5. The van der Waals surface area contributed by atoms with Gasteiger partial charge < -0.3 is 15.2 Å². The molecule has 0 saturated carbocycles. The van der Waals surface area contributed by atoms with Crippen LogP contribution < -0.4 is 16.2 Å². The molecule has 1 unspecified atom stereocenters. The molecule has 10 nitrogen and oxygen atoms in total. The van der Waals surface area contributed by atoms with Crippen LogP contribution in [0.1, 0.15) is 25.6 Å². The Labute approximate surface area is 212 Å². The number of rotatable bonds is 6. The van der Waals surface area contributed by atoms with Crippen LogP contribution in [0.15, 0.2) is 83.9 Å². The van der Waals surface area contributed by atoms with Crippen LogP contribution >= 0.6 is 0 Å². The van der Waals surface area contributed by atoms with Gasteiger partial charge in [0.2, 0.25) is 11.8 Å². The fourth-order valence-corrected chi connectivity index (χ4v) is 4.15. The monoisotopic (exact) mass is 495 g/mol. The molecule has 37 heavy (non-hydrogen) atoms. The summed E-state index contributed by atoms with van der Waals surface area (Å²) in [6, 6.07) is 19.1. The van der Waals surface area contributed by atoms with E-state index in [9.17, 15) is 14.4 Å². The van der Waals surface area contributed by atoms with Crippen molar-refractivity contribution in [1.29, 1.82) is 0 Å². The predicted octanol–water partition coefficient (Wildman–Crippen LogP) is 3.84. The second-order valence-corrected chi connectivity index (χ2v) is 8.64. The minimum atomic E-state index is -0.900. The maximum atomic E-state index is 13.8. The summed E-state index contributed by atoms with van der Waals surface area (Å²) in [5.41, 5.74) is 2.51. The largest absolute Gasteiger partial charge is 0.326 e. The van der Waals surface area contributed by atoms with Crippen molar-refractivity contribution in [2.75, 3.05) is 10.6 Å². The molecule has 186 valence electrons. The highest BCUT2D eigenvalue weighted by Crippen LogP contribution is 2.25. The molecular formula is C27H25N7O3. The van der Waals surface area contributed by atoms with E-state index >= 15 is 0 Å². The lowest BCUT2D eigenvalue weighted by Gasteiger charge is -2.15. The zero-order chi connectivity index (χ0) is 26.1. The average Bonchev–Trinajstić information content (AvgIpc) is 3.55. The summed E-state index contributed by atoms with van der Waals surface area (Å²) in [5, 5.41) is 15.0. The number of para-hydroxylation sites is 1. The van der Waals surface area contributed by atoms with Crippen molar-refractivity contribution in [3.8, 4) is 11.5 Å². The van der Waals surface area contributed by atoms with E-state index in [2.05, 4.69) is 15.7 Å². The number of hydrogen-bond acceptors (Lipinski definition) is 5. The number of hydrogen-bond donors (Lipinski definition) is 2. The van der Waals surface area contributed by atoms with Crippen molar-refractivity contribution in [3.05, 3.63) is 95.2 Å². The van der Waals surface area contributed by atoms with Crippen molar-refractivity contribution < 1.29 is 9.59 Å². The molecule has 5 rings (SSSR count). The molecule has 3 heterocycles. The van der Waals surface area contributed by atoms with Crippen molar-refractivity contribution in [2.24, 2.45) is 0 Å². The Morgan fingerprint density at radius 2 is 1.49 bits per heavy atom. The van der Waals surface area contributed by atoms with Gasteiger partial charge in [0.1, 0.15) is 16.9 Å². The Morgan fingerprint density at radius 1 is 0.865 bits per heavy atom. The summed E-state index contributed by atoms with van der Waals surface area (Å²) >= 11 is 0. The van der Waals surface area contributed by atoms with E-state index in [0.29, 0.717) is 33.8 Å². The van der Waals surface area contributed by atoms with Gasteiger partial charge in [0.05, 0.1) is 11.4 Å². The number of amides is 2. The summed E-state index contributed by atoms with van der Waals surface area (Å²) in [4.78, 5) is 38.1. The van der Waals surface area contributed by atoms with E-state index in [-0.39, 0.29) is 5.91 Å². The maximum Gasteiger partial charge on any atom is 0.280 e. The molecule has 0 radical (unpaired) electrons. The Balaban J connectivity index is 1.56. The third-order valence-electron chi connectivity index (χ3n) is 5.95. The molecule has 0 spiro atoms. The number of nitrogens with zero attached hydrogens (tertiary/aromatic N) is 5. The number of nitrogens with one attached hydrogen (secondary N) is 2. The van der Waals surface area contributed by atoms with Gasteiger partial charge in [0.15, 0.2) is 5.82 Å². The van der Waals surface area contributed by atoms with Crippen LogP contribution in [-0.2, 0) is 9.59 Å². The average molecular weight is 496 g/mol. The molecule has 2 aromatic carbocycles. The Kier molecular flexibility index (Phi) is 6.14. The highest BCUT2D eigenvalue weighted by molar-refractivity contribution is 5.95. The Morgan fingerprint density at radius 3 is 2.11 bits per heavy atom. The van der Waals surface area contributed by atoms with Crippen molar-refractivity contribution in [2.45, 2.75) is 26.8 Å². The highest BCUT2D eigenvalue weighted by atomic mass is 16.2. The maximum absolute atomic E-state index is 13.8. The summed E-state index contributed by atoms with van der Waals surface area (Å²) in [6.07, 6.45) is 3.69. The lowest BCUT2D eigenvalue weighted by molar-refractivity contribution is -0.119. The normalized spacial score (nSPS) is 11.9. The summed E-state index contributed by atoms with van der Waals surface area (Å²) in [5.74, 6) is -0.0216. The summed E-state index contributed by atoms with van der Waals surface area (Å²) in [6.45, 7) is 4.81. The lowest BCUT2D eigenvalue weighted by Crippen LogP contribution is -2.34. The fraction of sp³-hybridized carbons (Fsp3) is 0.148. The molecule has 0 aliphatic rings. The van der Waals surface area contributed by atoms with Gasteiger partial charge in [0, 0.05) is 30.7 Å². The van der Waals surface area contributed by atoms with Gasteiger partial charge in [-0.15, -0.1) is 0 Å². The molecule has 0 saturated heterocycles. The van der Waals surface area contributed by atoms with Gasteiger partial charge in [-0.2, -0.15) is 10.2 Å². The van der Waals surface area contributed by atoms with Gasteiger partial charge in [-0.3, -0.25) is 14.4 Å². The van der Waals surface area contributed by atoms with Gasteiger partial charge in [-0.25, -0.2) is 9.36 Å². The van der Waals surface area contributed by atoms with E-state index in [1.54, 1.807) is 42.8 Å². The Hall–Kier alpha value is -4.99. The van der Waals surface area contributed by atoms with Crippen LogP contribution in [0.25, 0.3) is 22.4 Å². The first-order valence-corrected chi connectivity index (χ1v) is 11.7. The number of benzene rings is 2. The second-order valence-electron chi connectivity index (χ2n) is 8.64. The third kappa shape index (κ3) is 4.52. The molecule has 0 fully saturated rings. The first-order valence-electron chi connectivity index (χ1n) is 11.7. The molecular weight excluding hydrogens is 470 g/mol. The van der Waals surface area contributed by atoms with Crippen molar-refractivity contribution in [1.82, 2.24) is 24.1 Å². The van der Waals surface area contributed by atoms with Gasteiger partial charge in [0.25, 0.3) is 5.56 Å². The topological polar surface area (TPSA) is 116 Å². The van der Waals surface area contributed by atoms with E-state index in [4.69, 9.17) is 5.10 Å². The zero-order valence-corrected chi connectivity index (χ0v) is 20.5. The number of anilines is 2. The quantitative estimate of drug-likeness (QED) is 0.371. The first-order chi connectivity index (χ1) is 17.8. The standard InChI is InChI=1S/C27H25N7O3/c1-17-24-23(26(32-15-7-8-16-32)34(31-24)22-9-5-4-6-10-22)27(37)33(30-17)18(2)25(36)29-21-13-11-20(12-14-21)28-19(3)35/h4-16,18H,1-3H3,(H,28,35)(H,29,36). The van der Waals surface area contributed by atoms with E-state index < -0.39 is 17.5 Å². The number of carbonyl (C=O) groups is 2. The third-order valence-corrected chi connectivity index (χ3v) is 5.95. The van der Waals surface area contributed by atoms with Crippen molar-refractivity contribution in [3.63, 3.8) is 0 Å². The zero-order valence-electron chi connectivity index (χ0n) is 20.5. The number of fused-ring (bicyclic) bond motifs is 1. The van der Waals surface area contributed by atoms with E-state index in [1.807, 2.05) is 59.4 Å². The van der Waals surface area contributed by atoms with Crippen LogP contribution in [0, 0.1) is 6.92 Å². The van der Waals surface area contributed by atoms with Crippen LogP contribution in [0.5, 0.6) is 0 Å². The fourth-order valence-electron chi connectivity index (χ4n) is 4.15. The molecule has 10 heteroatoms. The van der Waals surface area contributed by atoms with Crippen LogP contribution in [0.4, 0.5) is 11.4 Å². The highest BCUT2D eigenvalue weighted by Gasteiger charge is 2.25. The minimum Gasteiger partial charge on any atom is -0.326 e. The van der Waals surface area contributed by atoms with Gasteiger partial charge >= 0.3 is 0 Å². The van der Waals surface area contributed by atoms with Gasteiger partial charge in [-0.1, -0.05) is 18.2 Å². The number of carbonyl (C=O) groups excluding carboxylic acids is 2. The summed E-state index contributed by atoms with van der Waals surface area (Å²) < 4.78 is 4.74. The molecule has 5 aromatic rings. The first kappa shape index (κ1) is 23.7. The molecule has 3 aromatic heterocycles. The van der Waals surface area contributed by atoms with Gasteiger partial charge in [-0.05, 0) is 62.4 Å². The smallest absolute Gasteiger partial charge is 0.280 e. The molecule has 2 amide bonds. The molecule has 0 bridgehead atoms. The van der Waals surface area contributed by atoms with Crippen LogP contribution in [0.2, 0.25) is 0 Å². The predicted molar refractivity (Wildman–Crippen MR) is 141 cm³/mol. The minimum absolute atomic E-state index is 0.184. The molecule has 1 atom stereocenters. The second kappa shape index (κ2) is 9.57. The lowest BCUT2D eigenvalue weighted by atomic mass is 10.2.